The Hall–Kier alpha value is -2.08. The second-order valence-electron chi connectivity index (χ2n) is 8.74. The van der Waals surface area contributed by atoms with E-state index >= 15 is 0 Å². The lowest BCUT2D eigenvalue weighted by molar-refractivity contribution is 0.102. The van der Waals surface area contributed by atoms with E-state index in [0.29, 0.717) is 5.56 Å². The quantitative estimate of drug-likeness (QED) is 0.393. The highest BCUT2D eigenvalue weighted by Gasteiger charge is 2.31. The van der Waals surface area contributed by atoms with Crippen molar-refractivity contribution in [2.24, 2.45) is 5.92 Å². The van der Waals surface area contributed by atoms with Crippen LogP contribution in [-0.2, 0) is 0 Å². The molecule has 1 aromatic heterocycles. The van der Waals surface area contributed by atoms with Crippen LogP contribution in [0.5, 0.6) is 0 Å². The summed E-state index contributed by atoms with van der Waals surface area (Å²) >= 11 is 3.47. The van der Waals surface area contributed by atoms with E-state index in [0.717, 1.165) is 24.0 Å². The summed E-state index contributed by atoms with van der Waals surface area (Å²) in [6, 6.07) is 18.6. The number of hydrogen-bond acceptors (Lipinski definition) is 4. The molecule has 3 nitrogen and oxygen atoms in total. The number of piperidine rings is 1. The lowest BCUT2D eigenvalue weighted by Crippen LogP contribution is -2.37. The number of carbonyl (C=O) groups is 1. The fourth-order valence-electron chi connectivity index (χ4n) is 4.46. The maximum atomic E-state index is 13.0. The Kier molecular flexibility index (Phi) is 7.39. The van der Waals surface area contributed by atoms with Gasteiger partial charge in [-0.15, -0.1) is 23.1 Å². The zero-order valence-electron chi connectivity index (χ0n) is 19.4. The molecule has 1 saturated heterocycles. The zero-order valence-corrected chi connectivity index (χ0v) is 21.0. The minimum absolute atomic E-state index is 0.0446. The van der Waals surface area contributed by atoms with Crippen LogP contribution in [0.1, 0.15) is 57.7 Å². The van der Waals surface area contributed by atoms with Gasteiger partial charge in [0.15, 0.2) is 0 Å². The molecule has 2 heterocycles. The number of aryl methyl sites for hydroxylation is 1. The molecule has 1 atom stereocenters. The van der Waals surface area contributed by atoms with Gasteiger partial charge in [-0.1, -0.05) is 37.3 Å². The molecule has 3 aromatic rings. The summed E-state index contributed by atoms with van der Waals surface area (Å²) in [4.78, 5) is 18.2. The first-order valence-electron chi connectivity index (χ1n) is 11.3. The molecule has 1 aliphatic heterocycles. The molecule has 0 aliphatic carbocycles. The molecule has 4 rings (SSSR count). The number of amides is 1. The molecule has 2 aromatic carbocycles. The van der Waals surface area contributed by atoms with Gasteiger partial charge in [-0.25, -0.2) is 0 Å². The summed E-state index contributed by atoms with van der Waals surface area (Å²) in [5.41, 5.74) is 4.53. The van der Waals surface area contributed by atoms with Crippen LogP contribution in [0.4, 0.5) is 5.00 Å². The number of benzene rings is 2. The first kappa shape index (κ1) is 23.1. The topological polar surface area (TPSA) is 32.3 Å². The van der Waals surface area contributed by atoms with Crippen LogP contribution in [-0.4, -0.2) is 30.2 Å². The van der Waals surface area contributed by atoms with Crippen molar-refractivity contribution < 1.29 is 4.79 Å². The van der Waals surface area contributed by atoms with Gasteiger partial charge in [-0.3, -0.25) is 9.69 Å². The second-order valence-corrected chi connectivity index (χ2v) is 10.8. The molecule has 1 aliphatic rings. The van der Waals surface area contributed by atoms with Crippen LogP contribution >= 0.6 is 23.1 Å². The Morgan fingerprint density at radius 3 is 2.34 bits per heavy atom. The van der Waals surface area contributed by atoms with E-state index in [1.165, 1.54) is 39.3 Å². The molecule has 5 heteroatoms. The number of hydrogen-bond donors (Lipinski definition) is 1. The van der Waals surface area contributed by atoms with Gasteiger partial charge >= 0.3 is 0 Å². The lowest BCUT2D eigenvalue weighted by Gasteiger charge is -2.38. The molecule has 0 radical (unpaired) electrons. The van der Waals surface area contributed by atoms with E-state index in [2.05, 4.69) is 61.5 Å². The smallest absolute Gasteiger partial charge is 0.256 e. The third-order valence-electron chi connectivity index (χ3n) is 6.58. The van der Waals surface area contributed by atoms with Gasteiger partial charge in [0, 0.05) is 20.9 Å². The Bertz CT molecular complexity index is 1050. The van der Waals surface area contributed by atoms with Crippen LogP contribution in [0.25, 0.3) is 0 Å². The zero-order chi connectivity index (χ0) is 22.7. The van der Waals surface area contributed by atoms with E-state index in [9.17, 15) is 4.79 Å². The van der Waals surface area contributed by atoms with Gasteiger partial charge < -0.3 is 5.32 Å². The number of thioether (sulfide) groups is 1. The van der Waals surface area contributed by atoms with Crippen molar-refractivity contribution in [3.63, 3.8) is 0 Å². The summed E-state index contributed by atoms with van der Waals surface area (Å²) in [5, 5.41) is 4.24. The van der Waals surface area contributed by atoms with E-state index < -0.39 is 0 Å². The van der Waals surface area contributed by atoms with Crippen molar-refractivity contribution in [3.8, 4) is 0 Å². The second kappa shape index (κ2) is 10.2. The van der Waals surface area contributed by atoms with E-state index in [1.807, 2.05) is 30.3 Å². The van der Waals surface area contributed by atoms with Crippen LogP contribution in [0, 0.1) is 19.8 Å². The maximum absolute atomic E-state index is 13.0. The minimum atomic E-state index is -0.0446. The van der Waals surface area contributed by atoms with Gasteiger partial charge in [0.1, 0.15) is 5.00 Å². The predicted octanol–water partition coefficient (Wildman–Crippen LogP) is 7.16. The molecule has 1 amide bonds. The normalized spacial score (nSPS) is 16.1. The lowest BCUT2D eigenvalue weighted by atomic mass is 9.91. The summed E-state index contributed by atoms with van der Waals surface area (Å²) in [7, 11) is 0. The molecule has 0 saturated carbocycles. The van der Waals surface area contributed by atoms with Gasteiger partial charge in [0.25, 0.3) is 5.91 Å². The minimum Gasteiger partial charge on any atom is -0.313 e. The van der Waals surface area contributed by atoms with Crippen molar-refractivity contribution in [3.05, 3.63) is 81.7 Å². The largest absolute Gasteiger partial charge is 0.313 e. The number of nitrogens with zero attached hydrogens (tertiary/aromatic N) is 1. The monoisotopic (exact) mass is 464 g/mol. The fraction of sp³-hybridized carbons (Fsp3) is 0.370. The summed E-state index contributed by atoms with van der Waals surface area (Å²) < 4.78 is 0. The molecule has 1 fully saturated rings. The Morgan fingerprint density at radius 2 is 1.72 bits per heavy atom. The van der Waals surface area contributed by atoms with Crippen LogP contribution < -0.4 is 5.32 Å². The van der Waals surface area contributed by atoms with Gasteiger partial charge in [0.05, 0.1) is 6.04 Å². The van der Waals surface area contributed by atoms with Crippen molar-refractivity contribution >= 4 is 34.0 Å². The van der Waals surface area contributed by atoms with Crippen LogP contribution in [0.3, 0.4) is 0 Å². The molecule has 32 heavy (non-hydrogen) atoms. The average Bonchev–Trinajstić information content (AvgIpc) is 3.09. The number of nitrogens with one attached hydrogen (secondary N) is 1. The molecular formula is C27H32N2OS2. The average molecular weight is 465 g/mol. The number of likely N-dealkylation sites (tertiary alicyclic amines) is 1. The first-order valence-corrected chi connectivity index (χ1v) is 13.4. The maximum Gasteiger partial charge on any atom is 0.256 e. The predicted molar refractivity (Wildman–Crippen MR) is 138 cm³/mol. The summed E-state index contributed by atoms with van der Waals surface area (Å²) in [5.74, 6) is 0.727. The third kappa shape index (κ3) is 4.95. The van der Waals surface area contributed by atoms with Crippen molar-refractivity contribution in [1.82, 2.24) is 4.90 Å². The highest BCUT2D eigenvalue weighted by molar-refractivity contribution is 7.98. The van der Waals surface area contributed by atoms with Crippen LogP contribution in [0.15, 0.2) is 59.5 Å². The summed E-state index contributed by atoms with van der Waals surface area (Å²) in [6.07, 6.45) is 4.54. The molecular weight excluding hydrogens is 432 g/mol. The van der Waals surface area contributed by atoms with Gasteiger partial charge in [0.2, 0.25) is 0 Å². The Labute approximate surface area is 200 Å². The fourth-order valence-corrected chi connectivity index (χ4v) is 5.96. The van der Waals surface area contributed by atoms with Crippen LogP contribution in [0.2, 0.25) is 0 Å². The standard InChI is InChI=1S/C27H32N2OS2/c1-18-14-16-29(17-15-18)25(21-10-12-23(31-4)13-11-21)24-19(2)20(3)32-27(24)28-26(30)22-8-6-5-7-9-22/h5-13,18,25H,14-17H2,1-4H3,(H,28,30)/t25-/m1/s1. The van der Waals surface area contributed by atoms with E-state index in [-0.39, 0.29) is 11.9 Å². The molecule has 1 N–H and O–H groups in total. The van der Waals surface area contributed by atoms with E-state index in [1.54, 1.807) is 23.1 Å². The first-order chi connectivity index (χ1) is 15.5. The highest BCUT2D eigenvalue weighted by atomic mass is 32.2. The molecule has 0 bridgehead atoms. The SMILES string of the molecule is CSc1ccc([C@H](c2c(NC(=O)c3ccccc3)sc(C)c2C)N2CCC(C)CC2)cc1. The van der Waals surface area contributed by atoms with Crippen molar-refractivity contribution in [2.75, 3.05) is 24.7 Å². The van der Waals surface area contributed by atoms with Gasteiger partial charge in [-0.2, -0.15) is 0 Å². The number of anilines is 1. The van der Waals surface area contributed by atoms with Crippen molar-refractivity contribution in [2.45, 2.75) is 44.6 Å². The van der Waals surface area contributed by atoms with E-state index in [4.69, 9.17) is 0 Å². The molecule has 0 spiro atoms. The van der Waals surface area contributed by atoms with Gasteiger partial charge in [-0.05, 0) is 87.3 Å². The van der Waals surface area contributed by atoms with Crippen molar-refractivity contribution in [1.29, 1.82) is 0 Å². The Morgan fingerprint density at radius 1 is 1.06 bits per heavy atom. The third-order valence-corrected chi connectivity index (χ3v) is 8.47. The number of thiophene rings is 1. The number of rotatable bonds is 6. The highest BCUT2D eigenvalue weighted by Crippen LogP contribution is 2.43. The molecule has 168 valence electrons. The Balaban J connectivity index is 1.75. The molecule has 0 unspecified atom stereocenters. The number of carbonyl (C=O) groups excluding carboxylic acids is 1. The summed E-state index contributed by atoms with van der Waals surface area (Å²) in [6.45, 7) is 8.88.